The van der Waals surface area contributed by atoms with Crippen LogP contribution in [0.4, 0.5) is 0 Å². The van der Waals surface area contributed by atoms with Gasteiger partial charge in [0.1, 0.15) is 0 Å². The summed E-state index contributed by atoms with van der Waals surface area (Å²) in [6.07, 6.45) is 10.9. The Bertz CT molecular complexity index is 297. The predicted octanol–water partition coefficient (Wildman–Crippen LogP) is 2.95. The summed E-state index contributed by atoms with van der Waals surface area (Å²) in [4.78, 5) is 5.12. The smallest absolute Gasteiger partial charge is 0.0331 e. The maximum absolute atomic E-state index is 6.29. The van der Waals surface area contributed by atoms with Crippen molar-refractivity contribution in [3.8, 4) is 0 Å². The minimum Gasteiger partial charge on any atom is -0.329 e. The summed E-state index contributed by atoms with van der Waals surface area (Å²) in [6, 6.07) is 0. The molecule has 0 aromatic rings. The van der Waals surface area contributed by atoms with Crippen LogP contribution in [0.3, 0.4) is 0 Å². The SMILES string of the molecule is CCC1CCCC(CN)(N2CCC(CN(C)C)CC2)CC1. The van der Waals surface area contributed by atoms with Crippen LogP contribution in [0.15, 0.2) is 0 Å². The highest BCUT2D eigenvalue weighted by Gasteiger charge is 2.38. The van der Waals surface area contributed by atoms with Crippen LogP contribution in [0.25, 0.3) is 0 Å². The monoisotopic (exact) mass is 295 g/mol. The Morgan fingerprint density at radius 3 is 2.33 bits per heavy atom. The summed E-state index contributed by atoms with van der Waals surface area (Å²) in [5.74, 6) is 1.84. The lowest BCUT2D eigenvalue weighted by Gasteiger charge is -2.47. The molecule has 2 N–H and O–H groups in total. The van der Waals surface area contributed by atoms with Crippen LogP contribution in [0, 0.1) is 11.8 Å². The van der Waals surface area contributed by atoms with Crippen molar-refractivity contribution < 1.29 is 0 Å². The first kappa shape index (κ1) is 17.2. The van der Waals surface area contributed by atoms with Gasteiger partial charge >= 0.3 is 0 Å². The Morgan fingerprint density at radius 1 is 1.05 bits per heavy atom. The lowest BCUT2D eigenvalue weighted by Crippen LogP contribution is -2.56. The molecular weight excluding hydrogens is 258 g/mol. The normalized spacial score (nSPS) is 33.3. The zero-order valence-electron chi connectivity index (χ0n) is 14.6. The summed E-state index contributed by atoms with van der Waals surface area (Å²) >= 11 is 0. The Kier molecular flexibility index (Phi) is 6.51. The molecule has 124 valence electrons. The molecule has 2 rings (SSSR count). The van der Waals surface area contributed by atoms with Gasteiger partial charge in [0, 0.05) is 18.6 Å². The van der Waals surface area contributed by atoms with E-state index in [-0.39, 0.29) is 0 Å². The highest BCUT2D eigenvalue weighted by atomic mass is 15.2. The molecule has 21 heavy (non-hydrogen) atoms. The second kappa shape index (κ2) is 7.94. The van der Waals surface area contributed by atoms with Gasteiger partial charge in [-0.25, -0.2) is 0 Å². The standard InChI is InChI=1S/C18H37N3/c1-4-16-6-5-10-18(15-19,11-7-16)21-12-8-17(9-13-21)14-20(2)3/h16-17H,4-15,19H2,1-3H3. The van der Waals surface area contributed by atoms with Gasteiger partial charge < -0.3 is 10.6 Å². The number of nitrogens with zero attached hydrogens (tertiary/aromatic N) is 2. The molecule has 0 spiro atoms. The summed E-state index contributed by atoms with van der Waals surface area (Å²) in [5, 5.41) is 0. The highest BCUT2D eigenvalue weighted by Crippen LogP contribution is 2.37. The molecule has 3 nitrogen and oxygen atoms in total. The van der Waals surface area contributed by atoms with Crippen molar-refractivity contribution in [2.75, 3.05) is 40.3 Å². The van der Waals surface area contributed by atoms with Gasteiger partial charge in [-0.15, -0.1) is 0 Å². The van der Waals surface area contributed by atoms with Crippen molar-refractivity contribution in [3.63, 3.8) is 0 Å². The number of likely N-dealkylation sites (tertiary alicyclic amines) is 1. The zero-order chi connectivity index (χ0) is 15.3. The molecule has 0 bridgehead atoms. The van der Waals surface area contributed by atoms with Gasteiger partial charge in [0.2, 0.25) is 0 Å². The maximum Gasteiger partial charge on any atom is 0.0331 e. The van der Waals surface area contributed by atoms with Crippen molar-refractivity contribution in [2.45, 2.75) is 63.8 Å². The second-order valence-corrected chi connectivity index (χ2v) is 7.83. The lowest BCUT2D eigenvalue weighted by atomic mass is 9.84. The lowest BCUT2D eigenvalue weighted by molar-refractivity contribution is 0.0377. The summed E-state index contributed by atoms with van der Waals surface area (Å²) in [6.45, 7) is 7.01. The van der Waals surface area contributed by atoms with Crippen LogP contribution in [0.5, 0.6) is 0 Å². The van der Waals surface area contributed by atoms with Crippen LogP contribution in [-0.4, -0.2) is 55.6 Å². The molecule has 3 heteroatoms. The van der Waals surface area contributed by atoms with Gasteiger partial charge in [0.05, 0.1) is 0 Å². The topological polar surface area (TPSA) is 32.5 Å². The van der Waals surface area contributed by atoms with E-state index < -0.39 is 0 Å². The quantitative estimate of drug-likeness (QED) is 0.792. The molecule has 2 fully saturated rings. The minimum atomic E-state index is 0.326. The fourth-order valence-corrected chi connectivity index (χ4v) is 4.63. The van der Waals surface area contributed by atoms with Crippen LogP contribution in [-0.2, 0) is 0 Å². The van der Waals surface area contributed by atoms with E-state index >= 15 is 0 Å². The van der Waals surface area contributed by atoms with Crippen LogP contribution < -0.4 is 5.73 Å². The highest BCUT2D eigenvalue weighted by molar-refractivity contribution is 4.96. The molecule has 1 aliphatic carbocycles. The maximum atomic E-state index is 6.29. The third-order valence-electron chi connectivity index (χ3n) is 6.14. The first-order valence-corrected chi connectivity index (χ1v) is 9.19. The van der Waals surface area contributed by atoms with E-state index in [4.69, 9.17) is 5.73 Å². The van der Waals surface area contributed by atoms with Gasteiger partial charge in [-0.2, -0.15) is 0 Å². The van der Waals surface area contributed by atoms with Gasteiger partial charge in [-0.3, -0.25) is 4.90 Å². The van der Waals surface area contributed by atoms with Crippen LogP contribution >= 0.6 is 0 Å². The summed E-state index contributed by atoms with van der Waals surface area (Å²) in [7, 11) is 4.40. The fraction of sp³-hybridized carbons (Fsp3) is 1.00. The molecule has 1 saturated heterocycles. The van der Waals surface area contributed by atoms with Crippen molar-refractivity contribution >= 4 is 0 Å². The third-order valence-corrected chi connectivity index (χ3v) is 6.14. The first-order valence-electron chi connectivity index (χ1n) is 9.19. The Balaban J connectivity index is 1.92. The van der Waals surface area contributed by atoms with E-state index in [1.165, 1.54) is 71.0 Å². The van der Waals surface area contributed by atoms with Gasteiger partial charge in [-0.1, -0.05) is 26.2 Å². The number of hydrogen-bond acceptors (Lipinski definition) is 3. The molecule has 1 aliphatic heterocycles. The molecular formula is C18H37N3. The molecule has 2 aliphatic rings. The average molecular weight is 296 g/mol. The van der Waals surface area contributed by atoms with Crippen LogP contribution in [0.2, 0.25) is 0 Å². The van der Waals surface area contributed by atoms with Crippen LogP contribution in [0.1, 0.15) is 58.3 Å². The van der Waals surface area contributed by atoms with Crippen molar-refractivity contribution in [1.82, 2.24) is 9.80 Å². The van der Waals surface area contributed by atoms with Crippen molar-refractivity contribution in [1.29, 1.82) is 0 Å². The van der Waals surface area contributed by atoms with E-state index in [1.807, 2.05) is 0 Å². The zero-order valence-corrected chi connectivity index (χ0v) is 14.6. The first-order chi connectivity index (χ1) is 10.1. The molecule has 2 atom stereocenters. The number of hydrogen-bond donors (Lipinski definition) is 1. The summed E-state index contributed by atoms with van der Waals surface area (Å²) in [5.41, 5.74) is 6.62. The Morgan fingerprint density at radius 2 is 1.76 bits per heavy atom. The summed E-state index contributed by atoms with van der Waals surface area (Å²) < 4.78 is 0. The van der Waals surface area contributed by atoms with Gasteiger partial charge in [-0.05, 0) is 71.1 Å². The third kappa shape index (κ3) is 4.43. The second-order valence-electron chi connectivity index (χ2n) is 7.83. The van der Waals surface area contributed by atoms with E-state index in [9.17, 15) is 0 Å². The number of nitrogens with two attached hydrogens (primary N) is 1. The largest absolute Gasteiger partial charge is 0.329 e. The number of rotatable bonds is 5. The van der Waals surface area contributed by atoms with Crippen molar-refractivity contribution in [2.24, 2.45) is 17.6 Å². The predicted molar refractivity (Wildman–Crippen MR) is 91.5 cm³/mol. The fourth-order valence-electron chi connectivity index (χ4n) is 4.63. The van der Waals surface area contributed by atoms with Gasteiger partial charge in [0.15, 0.2) is 0 Å². The molecule has 0 radical (unpaired) electrons. The minimum absolute atomic E-state index is 0.326. The van der Waals surface area contributed by atoms with Crippen molar-refractivity contribution in [3.05, 3.63) is 0 Å². The molecule has 2 unspecified atom stereocenters. The molecule has 1 saturated carbocycles. The van der Waals surface area contributed by atoms with E-state index in [0.29, 0.717) is 5.54 Å². The van der Waals surface area contributed by atoms with E-state index in [0.717, 1.165) is 18.4 Å². The van der Waals surface area contributed by atoms with Gasteiger partial charge in [0.25, 0.3) is 0 Å². The Hall–Kier alpha value is -0.120. The molecule has 0 amide bonds. The van der Waals surface area contributed by atoms with E-state index in [2.05, 4.69) is 30.8 Å². The Labute approximate surface area is 132 Å². The molecule has 0 aromatic heterocycles. The average Bonchev–Trinajstić information content (AvgIpc) is 2.70. The molecule has 1 heterocycles. The molecule has 0 aromatic carbocycles. The van der Waals surface area contributed by atoms with E-state index in [1.54, 1.807) is 0 Å². The number of piperidine rings is 1.